The van der Waals surface area contributed by atoms with Gasteiger partial charge >= 0.3 is 0 Å². The van der Waals surface area contributed by atoms with Gasteiger partial charge < -0.3 is 11.1 Å². The molecule has 1 aromatic carbocycles. The standard InChI is InChI=1S/C7H7N5S/c8-5-2-1-3-6(4-5)9-7-10-11-12-13-7/h1-4H,8H2,(H,9,10,12). The van der Waals surface area contributed by atoms with E-state index in [9.17, 15) is 0 Å². The summed E-state index contributed by atoms with van der Waals surface area (Å²) >= 11 is 1.20. The maximum absolute atomic E-state index is 5.60. The summed E-state index contributed by atoms with van der Waals surface area (Å²) in [4.78, 5) is 0. The van der Waals surface area contributed by atoms with E-state index in [1.54, 1.807) is 0 Å². The van der Waals surface area contributed by atoms with E-state index in [4.69, 9.17) is 5.73 Å². The van der Waals surface area contributed by atoms with Crippen LogP contribution >= 0.6 is 11.5 Å². The number of nitrogens with one attached hydrogen (secondary N) is 1. The Balaban J connectivity index is 2.19. The molecule has 2 aromatic rings. The number of hydrogen-bond donors (Lipinski definition) is 2. The van der Waals surface area contributed by atoms with Crippen molar-refractivity contribution in [1.82, 2.24) is 14.8 Å². The van der Waals surface area contributed by atoms with Gasteiger partial charge in [-0.1, -0.05) is 15.7 Å². The number of hydrogen-bond acceptors (Lipinski definition) is 6. The van der Waals surface area contributed by atoms with Crippen LogP contribution in [0, 0.1) is 0 Å². The van der Waals surface area contributed by atoms with Crippen LogP contribution in [0.4, 0.5) is 16.5 Å². The first-order valence-corrected chi connectivity index (χ1v) is 4.39. The quantitative estimate of drug-likeness (QED) is 0.702. The molecule has 0 saturated heterocycles. The molecule has 0 saturated carbocycles. The predicted molar refractivity (Wildman–Crippen MR) is 51.8 cm³/mol. The molecule has 2 rings (SSSR count). The second kappa shape index (κ2) is 3.36. The van der Waals surface area contributed by atoms with Crippen molar-refractivity contribution < 1.29 is 0 Å². The Kier molecular flexibility index (Phi) is 2.05. The lowest BCUT2D eigenvalue weighted by atomic mass is 10.3. The number of aromatic nitrogens is 3. The number of anilines is 3. The fraction of sp³-hybridized carbons (Fsp3) is 0. The minimum atomic E-state index is 0.658. The maximum atomic E-state index is 5.60. The summed E-state index contributed by atoms with van der Waals surface area (Å²) in [6.07, 6.45) is 0. The van der Waals surface area contributed by atoms with Gasteiger partial charge in [-0.2, -0.15) is 0 Å². The summed E-state index contributed by atoms with van der Waals surface area (Å²) in [7, 11) is 0. The predicted octanol–water partition coefficient (Wildman–Crippen LogP) is 1.26. The molecule has 0 aliphatic carbocycles. The van der Waals surface area contributed by atoms with Crippen LogP contribution in [0.5, 0.6) is 0 Å². The fourth-order valence-electron chi connectivity index (χ4n) is 0.922. The van der Waals surface area contributed by atoms with Crippen LogP contribution in [0.3, 0.4) is 0 Å². The van der Waals surface area contributed by atoms with E-state index in [2.05, 4.69) is 20.1 Å². The highest BCUT2D eigenvalue weighted by Gasteiger charge is 1.97. The van der Waals surface area contributed by atoms with Crippen molar-refractivity contribution in [1.29, 1.82) is 0 Å². The lowest BCUT2D eigenvalue weighted by Gasteiger charge is -2.00. The summed E-state index contributed by atoms with van der Waals surface area (Å²) in [5.41, 5.74) is 7.20. The zero-order chi connectivity index (χ0) is 9.10. The summed E-state index contributed by atoms with van der Waals surface area (Å²) in [6, 6.07) is 7.41. The number of nitrogens with zero attached hydrogens (tertiary/aromatic N) is 3. The molecule has 0 aliphatic heterocycles. The van der Waals surface area contributed by atoms with Crippen molar-refractivity contribution in [2.75, 3.05) is 11.1 Å². The van der Waals surface area contributed by atoms with Gasteiger partial charge in [-0.3, -0.25) is 0 Å². The minimum absolute atomic E-state index is 0.658. The topological polar surface area (TPSA) is 76.7 Å². The maximum Gasteiger partial charge on any atom is 0.229 e. The molecule has 1 heterocycles. The molecule has 0 radical (unpaired) electrons. The number of rotatable bonds is 2. The summed E-state index contributed by atoms with van der Waals surface area (Å²) < 4.78 is 3.63. The third kappa shape index (κ3) is 1.91. The van der Waals surface area contributed by atoms with E-state index in [0.717, 1.165) is 5.69 Å². The van der Waals surface area contributed by atoms with Crippen LogP contribution in [0.1, 0.15) is 0 Å². The molecule has 3 N–H and O–H groups in total. The van der Waals surface area contributed by atoms with E-state index < -0.39 is 0 Å². The lowest BCUT2D eigenvalue weighted by Crippen LogP contribution is -1.91. The third-order valence-corrected chi connectivity index (χ3v) is 1.95. The Morgan fingerprint density at radius 3 is 3.00 bits per heavy atom. The van der Waals surface area contributed by atoms with Gasteiger partial charge in [0.1, 0.15) is 0 Å². The molecule has 0 spiro atoms. The van der Waals surface area contributed by atoms with E-state index in [-0.39, 0.29) is 0 Å². The largest absolute Gasteiger partial charge is 0.399 e. The molecule has 5 nitrogen and oxygen atoms in total. The summed E-state index contributed by atoms with van der Waals surface area (Å²) in [6.45, 7) is 0. The summed E-state index contributed by atoms with van der Waals surface area (Å²) in [5.74, 6) is 0. The zero-order valence-electron chi connectivity index (χ0n) is 6.64. The molecule has 0 amide bonds. The molecular weight excluding hydrogens is 186 g/mol. The Morgan fingerprint density at radius 1 is 1.38 bits per heavy atom. The van der Waals surface area contributed by atoms with Gasteiger partial charge in [-0.25, -0.2) is 0 Å². The lowest BCUT2D eigenvalue weighted by molar-refractivity contribution is 0.961. The first-order valence-electron chi connectivity index (χ1n) is 3.62. The van der Waals surface area contributed by atoms with E-state index in [0.29, 0.717) is 10.8 Å². The second-order valence-electron chi connectivity index (χ2n) is 2.42. The van der Waals surface area contributed by atoms with Crippen molar-refractivity contribution in [3.05, 3.63) is 24.3 Å². The first-order chi connectivity index (χ1) is 6.34. The monoisotopic (exact) mass is 193 g/mol. The molecule has 6 heteroatoms. The van der Waals surface area contributed by atoms with Gasteiger partial charge in [0.15, 0.2) is 0 Å². The average Bonchev–Trinajstić information content (AvgIpc) is 2.57. The average molecular weight is 193 g/mol. The number of benzene rings is 1. The molecule has 0 unspecified atom stereocenters. The van der Waals surface area contributed by atoms with Crippen LogP contribution in [-0.4, -0.2) is 14.8 Å². The Morgan fingerprint density at radius 2 is 2.31 bits per heavy atom. The van der Waals surface area contributed by atoms with Crippen molar-refractivity contribution in [3.8, 4) is 0 Å². The highest BCUT2D eigenvalue weighted by molar-refractivity contribution is 7.09. The molecule has 0 aliphatic rings. The fourth-order valence-corrected chi connectivity index (χ4v) is 1.31. The van der Waals surface area contributed by atoms with Crippen LogP contribution < -0.4 is 11.1 Å². The van der Waals surface area contributed by atoms with Crippen LogP contribution in [0.15, 0.2) is 24.3 Å². The van der Waals surface area contributed by atoms with Gasteiger partial charge in [0.25, 0.3) is 0 Å². The van der Waals surface area contributed by atoms with E-state index in [1.807, 2.05) is 24.3 Å². The Bertz CT molecular complexity index is 386. The normalized spacial score (nSPS) is 9.85. The number of nitrogen functional groups attached to an aromatic ring is 1. The Hall–Kier alpha value is -1.69. The van der Waals surface area contributed by atoms with Crippen LogP contribution in [0.2, 0.25) is 0 Å². The van der Waals surface area contributed by atoms with Gasteiger partial charge in [-0.15, -0.1) is 0 Å². The number of nitrogens with two attached hydrogens (primary N) is 1. The zero-order valence-corrected chi connectivity index (χ0v) is 7.45. The van der Waals surface area contributed by atoms with E-state index >= 15 is 0 Å². The molecule has 0 fully saturated rings. The molecule has 0 atom stereocenters. The Labute approximate surface area is 78.8 Å². The first kappa shape index (κ1) is 7.93. The van der Waals surface area contributed by atoms with Gasteiger partial charge in [-0.05, 0) is 23.4 Å². The van der Waals surface area contributed by atoms with Gasteiger partial charge in [0.05, 0.1) is 0 Å². The molecule has 13 heavy (non-hydrogen) atoms. The van der Waals surface area contributed by atoms with Crippen molar-refractivity contribution in [3.63, 3.8) is 0 Å². The SMILES string of the molecule is Nc1cccc(Nc2nnns2)c1. The third-order valence-electron chi connectivity index (χ3n) is 1.44. The smallest absolute Gasteiger partial charge is 0.229 e. The summed E-state index contributed by atoms with van der Waals surface area (Å²) in [5, 5.41) is 10.9. The van der Waals surface area contributed by atoms with Gasteiger partial charge in [0.2, 0.25) is 5.13 Å². The highest BCUT2D eigenvalue weighted by Crippen LogP contribution is 2.17. The van der Waals surface area contributed by atoms with Crippen molar-refractivity contribution in [2.45, 2.75) is 0 Å². The molecular formula is C7H7N5S. The van der Waals surface area contributed by atoms with Crippen LogP contribution in [0.25, 0.3) is 0 Å². The van der Waals surface area contributed by atoms with E-state index in [1.165, 1.54) is 11.5 Å². The molecule has 66 valence electrons. The van der Waals surface area contributed by atoms with Gasteiger partial charge in [0, 0.05) is 22.9 Å². The van der Waals surface area contributed by atoms with Crippen LogP contribution in [-0.2, 0) is 0 Å². The highest BCUT2D eigenvalue weighted by atomic mass is 32.1. The van der Waals surface area contributed by atoms with Crippen molar-refractivity contribution >= 4 is 28.0 Å². The van der Waals surface area contributed by atoms with Crippen molar-refractivity contribution in [2.24, 2.45) is 0 Å². The molecule has 1 aromatic heterocycles. The minimum Gasteiger partial charge on any atom is -0.399 e. The second-order valence-corrected chi connectivity index (χ2v) is 3.15. The molecule has 0 bridgehead atoms.